The molecule has 0 bridgehead atoms. The van der Waals surface area contributed by atoms with E-state index in [1.165, 1.54) is 16.8 Å². The molecule has 0 radical (unpaired) electrons. The van der Waals surface area contributed by atoms with E-state index >= 15 is 0 Å². The molecule has 162 valence electrons. The van der Waals surface area contributed by atoms with Crippen molar-refractivity contribution < 1.29 is 4.79 Å². The SMILES string of the molecule is CN(C)c1ccc(/C=C2\CCCC3=C2NN(C(N)=O)[C@H]3c2ccc(N(C)C)cc2)cc1. The minimum Gasteiger partial charge on any atom is -0.378 e. The van der Waals surface area contributed by atoms with Crippen molar-refractivity contribution in [3.8, 4) is 0 Å². The molecule has 2 amide bonds. The summed E-state index contributed by atoms with van der Waals surface area (Å²) in [5, 5.41) is 1.57. The van der Waals surface area contributed by atoms with Gasteiger partial charge in [-0.05, 0) is 71.9 Å². The molecule has 2 aliphatic rings. The molecule has 0 spiro atoms. The number of hydrogen-bond donors (Lipinski definition) is 2. The van der Waals surface area contributed by atoms with Crippen molar-refractivity contribution in [1.82, 2.24) is 10.4 Å². The Bertz CT molecular complexity index is 1020. The molecule has 2 aromatic rings. The van der Waals surface area contributed by atoms with Crippen LogP contribution in [0.1, 0.15) is 36.4 Å². The minimum absolute atomic E-state index is 0.177. The molecule has 2 aromatic carbocycles. The van der Waals surface area contributed by atoms with Crippen LogP contribution in [0, 0.1) is 0 Å². The van der Waals surface area contributed by atoms with Crippen LogP contribution in [0.3, 0.4) is 0 Å². The number of rotatable bonds is 4. The van der Waals surface area contributed by atoms with E-state index in [2.05, 4.69) is 69.8 Å². The first-order valence-electron chi connectivity index (χ1n) is 10.7. The molecule has 1 aliphatic heterocycles. The van der Waals surface area contributed by atoms with Gasteiger partial charge in [0.15, 0.2) is 0 Å². The maximum absolute atomic E-state index is 12.3. The van der Waals surface area contributed by atoms with Crippen molar-refractivity contribution in [3.05, 3.63) is 76.5 Å². The molecule has 1 atom stereocenters. The van der Waals surface area contributed by atoms with Gasteiger partial charge in [0, 0.05) is 39.6 Å². The van der Waals surface area contributed by atoms with E-state index < -0.39 is 6.03 Å². The molecule has 1 aliphatic carbocycles. The van der Waals surface area contributed by atoms with Crippen LogP contribution in [0.25, 0.3) is 6.08 Å². The highest BCUT2D eigenvalue weighted by molar-refractivity contribution is 5.75. The van der Waals surface area contributed by atoms with Gasteiger partial charge in [-0.2, -0.15) is 0 Å². The molecular formula is C25H31N5O. The Hall–Kier alpha value is -3.41. The van der Waals surface area contributed by atoms with Gasteiger partial charge in [0.25, 0.3) is 0 Å². The van der Waals surface area contributed by atoms with Crippen LogP contribution in [0.15, 0.2) is 65.4 Å². The maximum atomic E-state index is 12.3. The summed E-state index contributed by atoms with van der Waals surface area (Å²) in [4.78, 5) is 16.5. The number of carbonyl (C=O) groups excluding carboxylic acids is 1. The third kappa shape index (κ3) is 4.10. The number of nitrogens with one attached hydrogen (secondary N) is 1. The van der Waals surface area contributed by atoms with Gasteiger partial charge in [-0.25, -0.2) is 9.80 Å². The van der Waals surface area contributed by atoms with Gasteiger partial charge >= 0.3 is 6.03 Å². The summed E-state index contributed by atoms with van der Waals surface area (Å²) in [6, 6.07) is 16.2. The molecule has 4 rings (SSSR count). The molecule has 6 nitrogen and oxygen atoms in total. The first-order chi connectivity index (χ1) is 14.8. The van der Waals surface area contributed by atoms with Crippen LogP contribution in [0.4, 0.5) is 16.2 Å². The fraction of sp³-hybridized carbons (Fsp3) is 0.320. The van der Waals surface area contributed by atoms with E-state index in [-0.39, 0.29) is 6.04 Å². The van der Waals surface area contributed by atoms with Crippen molar-refractivity contribution in [2.45, 2.75) is 25.3 Å². The number of hydrogen-bond acceptors (Lipinski definition) is 4. The number of carbonyl (C=O) groups is 1. The van der Waals surface area contributed by atoms with Crippen LogP contribution >= 0.6 is 0 Å². The Morgan fingerprint density at radius 2 is 1.55 bits per heavy atom. The Kier molecular flexibility index (Phi) is 5.63. The number of primary amides is 1. The van der Waals surface area contributed by atoms with Crippen LogP contribution in [-0.2, 0) is 0 Å². The molecule has 0 fully saturated rings. The summed E-state index contributed by atoms with van der Waals surface area (Å²) >= 11 is 0. The number of benzene rings is 2. The van der Waals surface area contributed by atoms with E-state index in [0.717, 1.165) is 41.8 Å². The lowest BCUT2D eigenvalue weighted by Gasteiger charge is -2.25. The number of hydrazine groups is 1. The second kappa shape index (κ2) is 8.38. The fourth-order valence-electron chi connectivity index (χ4n) is 4.38. The molecule has 31 heavy (non-hydrogen) atoms. The largest absolute Gasteiger partial charge is 0.378 e. The average molecular weight is 418 g/mol. The van der Waals surface area contributed by atoms with E-state index in [4.69, 9.17) is 5.73 Å². The Labute approximate surface area is 184 Å². The Balaban J connectivity index is 1.70. The average Bonchev–Trinajstić information content (AvgIpc) is 3.15. The number of allylic oxidation sites excluding steroid dienone is 1. The fourth-order valence-corrected chi connectivity index (χ4v) is 4.38. The van der Waals surface area contributed by atoms with E-state index in [1.54, 1.807) is 5.01 Å². The zero-order valence-corrected chi connectivity index (χ0v) is 18.7. The van der Waals surface area contributed by atoms with Crippen molar-refractivity contribution in [2.24, 2.45) is 5.73 Å². The van der Waals surface area contributed by atoms with Crippen molar-refractivity contribution in [1.29, 1.82) is 0 Å². The molecule has 0 saturated heterocycles. The first-order valence-corrected chi connectivity index (χ1v) is 10.7. The van der Waals surface area contributed by atoms with Gasteiger partial charge in [-0.15, -0.1) is 0 Å². The van der Waals surface area contributed by atoms with Crippen molar-refractivity contribution >= 4 is 23.5 Å². The molecule has 6 heteroatoms. The van der Waals surface area contributed by atoms with E-state index in [9.17, 15) is 4.79 Å². The summed E-state index contributed by atoms with van der Waals surface area (Å²) < 4.78 is 0. The van der Waals surface area contributed by atoms with Crippen LogP contribution < -0.4 is 21.0 Å². The lowest BCUT2D eigenvalue weighted by molar-refractivity contribution is 0.181. The lowest BCUT2D eigenvalue weighted by atomic mass is 9.86. The highest BCUT2D eigenvalue weighted by Gasteiger charge is 2.38. The van der Waals surface area contributed by atoms with Gasteiger partial charge in [0.2, 0.25) is 0 Å². The molecule has 0 saturated carbocycles. The molecular weight excluding hydrogens is 386 g/mol. The zero-order valence-electron chi connectivity index (χ0n) is 18.7. The van der Waals surface area contributed by atoms with E-state index in [1.807, 2.05) is 28.2 Å². The molecule has 1 heterocycles. The number of nitrogens with zero attached hydrogens (tertiary/aromatic N) is 3. The smallest absolute Gasteiger partial charge is 0.334 e. The summed E-state index contributed by atoms with van der Waals surface area (Å²) in [5.74, 6) is 0. The van der Waals surface area contributed by atoms with Crippen LogP contribution in [0.5, 0.6) is 0 Å². The van der Waals surface area contributed by atoms with Gasteiger partial charge in [0.1, 0.15) is 6.04 Å². The monoisotopic (exact) mass is 417 g/mol. The van der Waals surface area contributed by atoms with Crippen LogP contribution in [0.2, 0.25) is 0 Å². The molecule has 0 aromatic heterocycles. The van der Waals surface area contributed by atoms with Gasteiger partial charge in [-0.1, -0.05) is 24.3 Å². The normalized spacial score (nSPS) is 19.3. The van der Waals surface area contributed by atoms with Crippen molar-refractivity contribution in [3.63, 3.8) is 0 Å². The lowest BCUT2D eigenvalue weighted by Crippen LogP contribution is -2.43. The summed E-state index contributed by atoms with van der Waals surface area (Å²) in [7, 11) is 8.12. The summed E-state index contributed by atoms with van der Waals surface area (Å²) in [6.07, 6.45) is 5.20. The number of anilines is 2. The Morgan fingerprint density at radius 1 is 0.968 bits per heavy atom. The maximum Gasteiger partial charge on any atom is 0.334 e. The topological polar surface area (TPSA) is 64.8 Å². The third-order valence-electron chi connectivity index (χ3n) is 6.07. The molecule has 3 N–H and O–H groups in total. The van der Waals surface area contributed by atoms with Gasteiger partial charge in [-0.3, -0.25) is 5.43 Å². The second-order valence-electron chi connectivity index (χ2n) is 8.62. The van der Waals surface area contributed by atoms with Gasteiger partial charge in [0.05, 0.1) is 5.70 Å². The second-order valence-corrected chi connectivity index (χ2v) is 8.62. The zero-order chi connectivity index (χ0) is 22.1. The molecule has 0 unspecified atom stereocenters. The minimum atomic E-state index is -0.467. The standard InChI is InChI=1S/C25H31N5O/c1-28(2)20-12-8-17(9-13-20)16-19-6-5-7-22-23(19)27-30(25(26)31)24(22)18-10-14-21(15-11-18)29(3)4/h8-16,24,27H,5-7H2,1-4H3,(H2,26,31)/b19-16+/t24-/m0/s1. The predicted octanol–water partition coefficient (Wildman–Crippen LogP) is 4.28. The number of nitrogens with two attached hydrogens (primary N) is 1. The number of amides is 2. The van der Waals surface area contributed by atoms with E-state index in [0.29, 0.717) is 0 Å². The number of urea groups is 1. The first kappa shape index (κ1) is 20.8. The van der Waals surface area contributed by atoms with Gasteiger partial charge < -0.3 is 15.5 Å². The third-order valence-corrected chi connectivity index (χ3v) is 6.07. The summed E-state index contributed by atoms with van der Waals surface area (Å²) in [6.45, 7) is 0. The highest BCUT2D eigenvalue weighted by atomic mass is 16.2. The Morgan fingerprint density at radius 3 is 2.10 bits per heavy atom. The van der Waals surface area contributed by atoms with Crippen LogP contribution in [-0.4, -0.2) is 39.2 Å². The predicted molar refractivity (Wildman–Crippen MR) is 128 cm³/mol. The summed E-state index contributed by atoms with van der Waals surface area (Å²) in [5.41, 5.74) is 17.1. The highest BCUT2D eigenvalue weighted by Crippen LogP contribution is 2.44. The quantitative estimate of drug-likeness (QED) is 0.779. The van der Waals surface area contributed by atoms with Crippen molar-refractivity contribution in [2.75, 3.05) is 38.0 Å².